The molecule has 0 atom stereocenters. The number of amides is 1. The lowest BCUT2D eigenvalue weighted by atomic mass is 10.2. The Morgan fingerprint density at radius 3 is 2.36 bits per heavy atom. The maximum Gasteiger partial charge on any atom is 0.269 e. The Balaban J connectivity index is 1.73. The Labute approximate surface area is 146 Å². The van der Waals surface area contributed by atoms with Gasteiger partial charge in [-0.2, -0.15) is 0 Å². The molecule has 1 amide bonds. The molecule has 0 heterocycles. The molecule has 7 heteroatoms. The minimum absolute atomic E-state index is 0.0465. The average molecular weight is 343 g/mol. The molecular formula is C18H21N3O4. The monoisotopic (exact) mass is 343 g/mol. The number of benzene rings is 2. The topological polar surface area (TPSA) is 93.5 Å². The highest BCUT2D eigenvalue weighted by molar-refractivity contribution is 5.94. The van der Waals surface area contributed by atoms with Crippen LogP contribution in [-0.2, 0) is 0 Å². The summed E-state index contributed by atoms with van der Waals surface area (Å²) in [7, 11) is 0. The lowest BCUT2D eigenvalue weighted by Gasteiger charge is -2.09. The number of nitrogens with zero attached hydrogens (tertiary/aromatic N) is 1. The van der Waals surface area contributed by atoms with Crippen LogP contribution in [0, 0.1) is 10.1 Å². The number of nitro benzene ring substituents is 1. The number of hydrogen-bond acceptors (Lipinski definition) is 5. The molecule has 0 radical (unpaired) electrons. The molecule has 2 rings (SSSR count). The molecule has 7 nitrogen and oxygen atoms in total. The molecule has 0 aromatic heterocycles. The summed E-state index contributed by atoms with van der Waals surface area (Å²) in [6, 6.07) is 13.1. The van der Waals surface area contributed by atoms with Crippen LogP contribution in [0.4, 0.5) is 11.4 Å². The van der Waals surface area contributed by atoms with E-state index in [0.717, 1.165) is 17.9 Å². The van der Waals surface area contributed by atoms with Crippen LogP contribution in [0.25, 0.3) is 0 Å². The molecule has 0 saturated carbocycles. The number of non-ortho nitro benzene ring substituents is 1. The second-order valence-corrected chi connectivity index (χ2v) is 5.36. The third kappa shape index (κ3) is 5.80. The number of carbonyl (C=O) groups is 1. The fourth-order valence-corrected chi connectivity index (χ4v) is 2.11. The quantitative estimate of drug-likeness (QED) is 0.414. The van der Waals surface area contributed by atoms with Gasteiger partial charge in [-0.05, 0) is 42.8 Å². The highest BCUT2D eigenvalue weighted by Crippen LogP contribution is 2.15. The van der Waals surface area contributed by atoms with E-state index in [-0.39, 0.29) is 11.6 Å². The number of hydrogen-bond donors (Lipinski definition) is 2. The first kappa shape index (κ1) is 18.3. The van der Waals surface area contributed by atoms with Crippen molar-refractivity contribution in [2.75, 3.05) is 25.0 Å². The van der Waals surface area contributed by atoms with Crippen molar-refractivity contribution in [1.29, 1.82) is 0 Å². The van der Waals surface area contributed by atoms with E-state index in [2.05, 4.69) is 10.6 Å². The molecule has 132 valence electrons. The minimum atomic E-state index is -0.442. The van der Waals surface area contributed by atoms with Gasteiger partial charge in [0.25, 0.3) is 11.6 Å². The van der Waals surface area contributed by atoms with Gasteiger partial charge in [-0.3, -0.25) is 14.9 Å². The van der Waals surface area contributed by atoms with Crippen molar-refractivity contribution < 1.29 is 14.5 Å². The van der Waals surface area contributed by atoms with Crippen molar-refractivity contribution in [3.8, 4) is 5.75 Å². The predicted octanol–water partition coefficient (Wildman–Crippen LogP) is 3.23. The molecule has 0 bridgehead atoms. The van der Waals surface area contributed by atoms with Crippen LogP contribution in [0.1, 0.15) is 23.7 Å². The third-order valence-corrected chi connectivity index (χ3v) is 3.41. The Morgan fingerprint density at radius 1 is 1.08 bits per heavy atom. The van der Waals surface area contributed by atoms with E-state index < -0.39 is 4.92 Å². The van der Waals surface area contributed by atoms with Crippen LogP contribution in [-0.4, -0.2) is 30.5 Å². The van der Waals surface area contributed by atoms with Gasteiger partial charge in [-0.15, -0.1) is 0 Å². The SMILES string of the molecule is CCCOc1ccc(C(=O)NCCNc2ccc([N+](=O)[O-])cc2)cc1. The van der Waals surface area contributed by atoms with Crippen LogP contribution < -0.4 is 15.4 Å². The maximum absolute atomic E-state index is 12.0. The zero-order chi connectivity index (χ0) is 18.1. The van der Waals surface area contributed by atoms with Crippen molar-refractivity contribution in [2.45, 2.75) is 13.3 Å². The molecule has 0 saturated heterocycles. The Hall–Kier alpha value is -3.09. The van der Waals surface area contributed by atoms with Crippen molar-refractivity contribution in [2.24, 2.45) is 0 Å². The molecule has 2 aromatic rings. The second kappa shape index (κ2) is 9.27. The van der Waals surface area contributed by atoms with Crippen LogP contribution in [0.2, 0.25) is 0 Å². The Morgan fingerprint density at radius 2 is 1.76 bits per heavy atom. The Kier molecular flexibility index (Phi) is 6.76. The van der Waals surface area contributed by atoms with E-state index in [1.54, 1.807) is 36.4 Å². The predicted molar refractivity (Wildman–Crippen MR) is 96.1 cm³/mol. The molecule has 2 N–H and O–H groups in total. The van der Waals surface area contributed by atoms with Gasteiger partial charge in [-0.1, -0.05) is 6.92 Å². The summed E-state index contributed by atoms with van der Waals surface area (Å²) in [5.74, 6) is 0.589. The largest absolute Gasteiger partial charge is 0.494 e. The van der Waals surface area contributed by atoms with Crippen LogP contribution in [0.3, 0.4) is 0 Å². The van der Waals surface area contributed by atoms with Gasteiger partial charge in [0.15, 0.2) is 0 Å². The number of carbonyl (C=O) groups excluding carboxylic acids is 1. The Bertz CT molecular complexity index is 699. The smallest absolute Gasteiger partial charge is 0.269 e. The number of ether oxygens (including phenoxy) is 1. The van der Waals surface area contributed by atoms with Crippen molar-refractivity contribution in [3.63, 3.8) is 0 Å². The van der Waals surface area contributed by atoms with E-state index >= 15 is 0 Å². The summed E-state index contributed by atoms with van der Waals surface area (Å²) < 4.78 is 5.48. The third-order valence-electron chi connectivity index (χ3n) is 3.41. The van der Waals surface area contributed by atoms with E-state index in [0.29, 0.717) is 25.3 Å². The molecule has 25 heavy (non-hydrogen) atoms. The number of rotatable bonds is 9. The van der Waals surface area contributed by atoms with E-state index in [1.165, 1.54) is 12.1 Å². The van der Waals surface area contributed by atoms with E-state index in [1.807, 2.05) is 6.92 Å². The summed E-state index contributed by atoms with van der Waals surface area (Å²) in [5, 5.41) is 16.5. The normalized spacial score (nSPS) is 10.1. The van der Waals surface area contributed by atoms with Crippen molar-refractivity contribution in [1.82, 2.24) is 5.32 Å². The lowest BCUT2D eigenvalue weighted by Crippen LogP contribution is -2.28. The summed E-state index contributed by atoms with van der Waals surface area (Å²) >= 11 is 0. The number of anilines is 1. The van der Waals surface area contributed by atoms with Crippen LogP contribution in [0.15, 0.2) is 48.5 Å². The van der Waals surface area contributed by atoms with Gasteiger partial charge in [0, 0.05) is 36.5 Å². The van der Waals surface area contributed by atoms with Gasteiger partial charge in [0.05, 0.1) is 11.5 Å². The summed E-state index contributed by atoms with van der Waals surface area (Å²) in [6.07, 6.45) is 0.935. The molecule has 2 aromatic carbocycles. The van der Waals surface area contributed by atoms with Gasteiger partial charge >= 0.3 is 0 Å². The number of nitrogens with one attached hydrogen (secondary N) is 2. The van der Waals surface area contributed by atoms with Crippen molar-refractivity contribution in [3.05, 3.63) is 64.2 Å². The fourth-order valence-electron chi connectivity index (χ4n) is 2.11. The summed E-state index contributed by atoms with van der Waals surface area (Å²) in [5.41, 5.74) is 1.38. The molecule has 0 aliphatic carbocycles. The summed E-state index contributed by atoms with van der Waals surface area (Å²) in [4.78, 5) is 22.2. The van der Waals surface area contributed by atoms with E-state index in [9.17, 15) is 14.9 Å². The lowest BCUT2D eigenvalue weighted by molar-refractivity contribution is -0.384. The summed E-state index contributed by atoms with van der Waals surface area (Å²) in [6.45, 7) is 3.64. The first-order chi connectivity index (χ1) is 12.1. The van der Waals surface area contributed by atoms with Gasteiger partial charge in [0.1, 0.15) is 5.75 Å². The fraction of sp³-hybridized carbons (Fsp3) is 0.278. The average Bonchev–Trinajstić information content (AvgIpc) is 2.64. The van der Waals surface area contributed by atoms with E-state index in [4.69, 9.17) is 4.74 Å². The molecule has 0 aliphatic heterocycles. The first-order valence-electron chi connectivity index (χ1n) is 8.09. The zero-order valence-corrected chi connectivity index (χ0v) is 14.0. The van der Waals surface area contributed by atoms with Gasteiger partial charge in [0.2, 0.25) is 0 Å². The van der Waals surface area contributed by atoms with Crippen LogP contribution >= 0.6 is 0 Å². The molecular weight excluding hydrogens is 322 g/mol. The highest BCUT2D eigenvalue weighted by atomic mass is 16.6. The standard InChI is InChI=1S/C18H21N3O4/c1-2-13-25-17-9-3-14(4-10-17)18(22)20-12-11-19-15-5-7-16(8-6-15)21(23)24/h3-10,19H,2,11-13H2,1H3,(H,20,22). The molecule has 0 fully saturated rings. The highest BCUT2D eigenvalue weighted by Gasteiger charge is 2.06. The zero-order valence-electron chi connectivity index (χ0n) is 14.0. The molecule has 0 spiro atoms. The van der Waals surface area contributed by atoms with Gasteiger partial charge < -0.3 is 15.4 Å². The molecule has 0 aliphatic rings. The van der Waals surface area contributed by atoms with Crippen LogP contribution in [0.5, 0.6) is 5.75 Å². The molecule has 0 unspecified atom stereocenters. The van der Waals surface area contributed by atoms with Crippen molar-refractivity contribution >= 4 is 17.3 Å². The first-order valence-corrected chi connectivity index (χ1v) is 8.09. The van der Waals surface area contributed by atoms with Gasteiger partial charge in [-0.25, -0.2) is 0 Å². The number of nitro groups is 1. The maximum atomic E-state index is 12.0. The second-order valence-electron chi connectivity index (χ2n) is 5.36. The minimum Gasteiger partial charge on any atom is -0.494 e.